The monoisotopic (exact) mass is 388 g/mol. The third-order valence-corrected chi connectivity index (χ3v) is 5.64. The first-order valence-corrected chi connectivity index (χ1v) is 9.95. The first-order valence-electron chi connectivity index (χ1n) is 9.07. The molecule has 0 radical (unpaired) electrons. The van der Waals surface area contributed by atoms with Gasteiger partial charge in [-0.25, -0.2) is 4.98 Å². The van der Waals surface area contributed by atoms with Crippen LogP contribution >= 0.6 is 11.3 Å². The highest BCUT2D eigenvalue weighted by Crippen LogP contribution is 2.21. The van der Waals surface area contributed by atoms with Crippen molar-refractivity contribution in [1.29, 1.82) is 0 Å². The summed E-state index contributed by atoms with van der Waals surface area (Å²) in [7, 11) is 7.55. The van der Waals surface area contributed by atoms with E-state index in [1.165, 1.54) is 5.69 Å². The third kappa shape index (κ3) is 4.82. The third-order valence-electron chi connectivity index (χ3n) is 4.58. The summed E-state index contributed by atoms with van der Waals surface area (Å²) in [6, 6.07) is 8.26. The molecule has 0 bridgehead atoms. The summed E-state index contributed by atoms with van der Waals surface area (Å²) < 4.78 is 5.24. The van der Waals surface area contributed by atoms with Crippen LogP contribution in [0.3, 0.4) is 0 Å². The van der Waals surface area contributed by atoms with Gasteiger partial charge in [-0.1, -0.05) is 0 Å². The first-order chi connectivity index (χ1) is 13.1. The van der Waals surface area contributed by atoms with Crippen molar-refractivity contribution in [2.45, 2.75) is 6.54 Å². The molecule has 1 aromatic heterocycles. The van der Waals surface area contributed by atoms with E-state index in [-0.39, 0.29) is 0 Å². The highest BCUT2D eigenvalue weighted by molar-refractivity contribution is 7.13. The maximum absolute atomic E-state index is 5.24. The average Bonchev–Trinajstić information content (AvgIpc) is 3.18. The molecule has 2 aromatic rings. The van der Waals surface area contributed by atoms with Crippen LogP contribution in [0.2, 0.25) is 0 Å². The van der Waals surface area contributed by atoms with Crippen LogP contribution in [-0.2, 0) is 6.54 Å². The summed E-state index contributed by atoms with van der Waals surface area (Å²) in [6.45, 7) is 4.50. The number of anilines is 2. The molecule has 7 nitrogen and oxygen atoms in total. The number of piperazine rings is 1. The Morgan fingerprint density at radius 1 is 1.22 bits per heavy atom. The van der Waals surface area contributed by atoms with Crippen molar-refractivity contribution in [2.24, 2.45) is 4.99 Å². The summed E-state index contributed by atoms with van der Waals surface area (Å²) in [4.78, 5) is 15.8. The highest BCUT2D eigenvalue weighted by Gasteiger charge is 2.20. The van der Waals surface area contributed by atoms with Gasteiger partial charge in [-0.2, -0.15) is 0 Å². The minimum absolute atomic E-state index is 0.690. The van der Waals surface area contributed by atoms with E-state index in [0.717, 1.165) is 48.7 Å². The molecule has 3 rings (SSSR count). The molecule has 8 heteroatoms. The zero-order chi connectivity index (χ0) is 19.2. The SMILES string of the molecule is CN=C(NCc1csc(N(C)C)n1)N1CCN(c2ccc(OC)cc2)CC1. The van der Waals surface area contributed by atoms with Crippen molar-refractivity contribution in [1.82, 2.24) is 15.2 Å². The van der Waals surface area contributed by atoms with Crippen molar-refractivity contribution in [2.75, 3.05) is 64.2 Å². The lowest BCUT2D eigenvalue weighted by atomic mass is 10.2. The predicted octanol–water partition coefficient (Wildman–Crippen LogP) is 2.12. The molecule has 0 atom stereocenters. The number of rotatable bonds is 5. The molecule has 1 aliphatic heterocycles. The quantitative estimate of drug-likeness (QED) is 0.625. The minimum Gasteiger partial charge on any atom is -0.497 e. The fourth-order valence-corrected chi connectivity index (χ4v) is 3.81. The average molecular weight is 389 g/mol. The number of methoxy groups -OCH3 is 1. The van der Waals surface area contributed by atoms with Gasteiger partial charge in [0.25, 0.3) is 0 Å². The van der Waals surface area contributed by atoms with Gasteiger partial charge in [0.15, 0.2) is 11.1 Å². The van der Waals surface area contributed by atoms with Crippen molar-refractivity contribution in [3.8, 4) is 5.75 Å². The number of nitrogens with one attached hydrogen (secondary N) is 1. The number of hydrogen-bond donors (Lipinski definition) is 1. The van der Waals surface area contributed by atoms with E-state index in [1.807, 2.05) is 38.2 Å². The number of aliphatic imine (C=N–C) groups is 1. The van der Waals surface area contributed by atoms with E-state index < -0.39 is 0 Å². The van der Waals surface area contributed by atoms with Crippen LogP contribution in [0.4, 0.5) is 10.8 Å². The van der Waals surface area contributed by atoms with Gasteiger partial charge in [0, 0.05) is 58.4 Å². The number of ether oxygens (including phenoxy) is 1. The van der Waals surface area contributed by atoms with Crippen molar-refractivity contribution in [3.05, 3.63) is 35.3 Å². The molecule has 0 amide bonds. The predicted molar refractivity (Wildman–Crippen MR) is 113 cm³/mol. The standard InChI is InChI=1S/C19H28N6OS/c1-20-18(21-13-15-14-27-19(22-15)23(2)3)25-11-9-24(10-12-25)16-5-7-17(26-4)8-6-16/h5-8,14H,9-13H2,1-4H3,(H,20,21). The van der Waals surface area contributed by atoms with Crippen molar-refractivity contribution >= 4 is 28.1 Å². The van der Waals surface area contributed by atoms with Gasteiger partial charge < -0.3 is 24.8 Å². The topological polar surface area (TPSA) is 56.2 Å². The van der Waals surface area contributed by atoms with E-state index in [4.69, 9.17) is 4.74 Å². The summed E-state index contributed by atoms with van der Waals surface area (Å²) in [5.41, 5.74) is 2.28. The Morgan fingerprint density at radius 2 is 1.93 bits per heavy atom. The summed E-state index contributed by atoms with van der Waals surface area (Å²) >= 11 is 1.66. The fraction of sp³-hybridized carbons (Fsp3) is 0.474. The van der Waals surface area contributed by atoms with E-state index in [0.29, 0.717) is 6.54 Å². The number of nitrogens with zero attached hydrogens (tertiary/aromatic N) is 5. The van der Waals surface area contributed by atoms with Gasteiger partial charge in [-0.3, -0.25) is 4.99 Å². The Bertz CT molecular complexity index is 750. The second kappa shape index (κ2) is 8.94. The van der Waals surface area contributed by atoms with Crippen LogP contribution in [0.15, 0.2) is 34.6 Å². The molecule has 0 saturated carbocycles. The maximum Gasteiger partial charge on any atom is 0.194 e. The minimum atomic E-state index is 0.690. The Labute approximate surface area is 165 Å². The molecule has 1 N–H and O–H groups in total. The molecule has 1 aromatic carbocycles. The summed E-state index contributed by atoms with van der Waals surface area (Å²) in [5.74, 6) is 1.82. The molecule has 146 valence electrons. The van der Waals surface area contributed by atoms with E-state index >= 15 is 0 Å². The lowest BCUT2D eigenvalue weighted by Crippen LogP contribution is -2.52. The Hall–Kier alpha value is -2.48. The molecular formula is C19H28N6OS. The van der Waals surface area contributed by atoms with Gasteiger partial charge in [-0.05, 0) is 24.3 Å². The van der Waals surface area contributed by atoms with Crippen LogP contribution in [0.25, 0.3) is 0 Å². The maximum atomic E-state index is 5.24. The van der Waals surface area contributed by atoms with Gasteiger partial charge in [0.2, 0.25) is 0 Å². The lowest BCUT2D eigenvalue weighted by Gasteiger charge is -2.37. The number of guanidine groups is 1. The van der Waals surface area contributed by atoms with Crippen LogP contribution in [0.1, 0.15) is 5.69 Å². The summed E-state index contributed by atoms with van der Waals surface area (Å²) in [6.07, 6.45) is 0. The van der Waals surface area contributed by atoms with Gasteiger partial charge in [-0.15, -0.1) is 11.3 Å². The van der Waals surface area contributed by atoms with Crippen LogP contribution in [-0.4, -0.2) is 70.3 Å². The van der Waals surface area contributed by atoms with Crippen molar-refractivity contribution in [3.63, 3.8) is 0 Å². The molecule has 27 heavy (non-hydrogen) atoms. The number of aromatic nitrogens is 1. The molecule has 0 unspecified atom stereocenters. The lowest BCUT2D eigenvalue weighted by molar-refractivity contribution is 0.372. The Kier molecular flexibility index (Phi) is 6.39. The molecule has 1 saturated heterocycles. The first kappa shape index (κ1) is 19.3. The van der Waals surface area contributed by atoms with E-state index in [9.17, 15) is 0 Å². The summed E-state index contributed by atoms with van der Waals surface area (Å²) in [5, 5.41) is 6.56. The molecule has 2 heterocycles. The Balaban J connectivity index is 1.52. The largest absolute Gasteiger partial charge is 0.497 e. The molecule has 1 aliphatic rings. The number of thiazole rings is 1. The second-order valence-corrected chi connectivity index (χ2v) is 7.43. The molecular weight excluding hydrogens is 360 g/mol. The van der Waals surface area contributed by atoms with E-state index in [1.54, 1.807) is 18.4 Å². The smallest absolute Gasteiger partial charge is 0.194 e. The molecule has 1 fully saturated rings. The highest BCUT2D eigenvalue weighted by atomic mass is 32.1. The molecule has 0 spiro atoms. The number of benzene rings is 1. The Morgan fingerprint density at radius 3 is 2.48 bits per heavy atom. The van der Waals surface area contributed by atoms with Gasteiger partial charge in [0.05, 0.1) is 19.3 Å². The van der Waals surface area contributed by atoms with Crippen LogP contribution in [0, 0.1) is 0 Å². The fourth-order valence-electron chi connectivity index (χ4n) is 3.05. The van der Waals surface area contributed by atoms with Crippen LogP contribution < -0.4 is 19.9 Å². The zero-order valence-electron chi connectivity index (χ0n) is 16.5. The van der Waals surface area contributed by atoms with Gasteiger partial charge in [0.1, 0.15) is 5.75 Å². The van der Waals surface area contributed by atoms with Gasteiger partial charge >= 0.3 is 0 Å². The van der Waals surface area contributed by atoms with Crippen molar-refractivity contribution < 1.29 is 4.74 Å². The van der Waals surface area contributed by atoms with E-state index in [2.05, 4.69) is 42.6 Å². The molecule has 0 aliphatic carbocycles. The second-order valence-electron chi connectivity index (χ2n) is 6.59. The van der Waals surface area contributed by atoms with Crippen LogP contribution in [0.5, 0.6) is 5.75 Å². The zero-order valence-corrected chi connectivity index (χ0v) is 17.3. The number of hydrogen-bond acceptors (Lipinski definition) is 6. The normalized spacial score (nSPS) is 15.0.